The van der Waals surface area contributed by atoms with Gasteiger partial charge in [-0.3, -0.25) is 4.98 Å². The largest absolute Gasteiger partial charge is 0.453 e. The highest BCUT2D eigenvalue weighted by molar-refractivity contribution is 5.87. The fourth-order valence-electron chi connectivity index (χ4n) is 3.32. The smallest absolute Gasteiger partial charge is 0.151 e. The molecule has 2 heterocycles. The van der Waals surface area contributed by atoms with Crippen molar-refractivity contribution in [3.05, 3.63) is 97.2 Å². The van der Waals surface area contributed by atoms with Crippen molar-refractivity contribution in [2.24, 2.45) is 0 Å². The van der Waals surface area contributed by atoms with Gasteiger partial charge in [0.15, 0.2) is 11.5 Å². The molecule has 0 saturated heterocycles. The molecule has 3 aromatic carbocycles. The van der Waals surface area contributed by atoms with Crippen LogP contribution in [0, 0.1) is 0 Å². The quantitative estimate of drug-likeness (QED) is 0.377. The monoisotopic (exact) mass is 336 g/mol. The Bertz CT molecular complexity index is 1030. The summed E-state index contributed by atoms with van der Waals surface area (Å²) in [5, 5.41) is 0. The molecule has 0 N–H and O–H groups in total. The molecule has 0 atom stereocenters. The Kier molecular flexibility index (Phi) is 3.42. The van der Waals surface area contributed by atoms with E-state index < -0.39 is 0 Å². The first kappa shape index (κ1) is 14.7. The summed E-state index contributed by atoms with van der Waals surface area (Å²) in [5.41, 5.74) is 5.19. The van der Waals surface area contributed by atoms with Crippen molar-refractivity contribution < 1.29 is 4.74 Å². The van der Waals surface area contributed by atoms with Crippen LogP contribution in [0.1, 0.15) is 0 Å². The Morgan fingerprint density at radius 2 is 1.35 bits per heavy atom. The molecule has 0 aliphatic carbocycles. The maximum Gasteiger partial charge on any atom is 0.151 e. The van der Waals surface area contributed by atoms with Crippen molar-refractivity contribution >= 4 is 17.1 Å². The van der Waals surface area contributed by atoms with E-state index in [4.69, 9.17) is 4.74 Å². The normalized spacial score (nSPS) is 12.1. The predicted molar refractivity (Wildman–Crippen MR) is 104 cm³/mol. The second-order valence-electron chi connectivity index (χ2n) is 6.14. The van der Waals surface area contributed by atoms with E-state index in [-0.39, 0.29) is 0 Å². The van der Waals surface area contributed by atoms with Gasteiger partial charge in [0.2, 0.25) is 0 Å². The van der Waals surface area contributed by atoms with Crippen LogP contribution in [0.3, 0.4) is 0 Å². The number of fused-ring (bicyclic) bond motifs is 2. The number of aromatic nitrogens is 1. The molecule has 0 bridgehead atoms. The summed E-state index contributed by atoms with van der Waals surface area (Å²) in [4.78, 5) is 6.72. The Hall–Kier alpha value is -3.59. The van der Waals surface area contributed by atoms with Crippen molar-refractivity contribution in [2.45, 2.75) is 0 Å². The molecule has 1 aliphatic heterocycles. The topological polar surface area (TPSA) is 25.4 Å². The summed E-state index contributed by atoms with van der Waals surface area (Å²) in [5.74, 6) is 1.71. The summed E-state index contributed by atoms with van der Waals surface area (Å²) in [6, 6.07) is 30.6. The standard InChI is InChI=1S/C23H16N2O/c1-3-13-22-20(11-1)25(21-12-2-4-14-23(21)26-22)18-9-7-8-17(16-18)19-10-5-6-15-24-19/h1-16H. The molecule has 0 amide bonds. The minimum absolute atomic E-state index is 0.856. The number of hydrogen-bond acceptors (Lipinski definition) is 3. The molecule has 1 aliphatic rings. The van der Waals surface area contributed by atoms with E-state index in [1.54, 1.807) is 0 Å². The number of nitrogens with zero attached hydrogens (tertiary/aromatic N) is 2. The predicted octanol–water partition coefficient (Wildman–Crippen LogP) is 6.32. The van der Waals surface area contributed by atoms with Crippen molar-refractivity contribution in [2.75, 3.05) is 4.90 Å². The Balaban J connectivity index is 1.69. The highest BCUT2D eigenvalue weighted by Crippen LogP contribution is 2.50. The van der Waals surface area contributed by atoms with E-state index >= 15 is 0 Å². The number of benzene rings is 3. The molecular weight excluding hydrogens is 320 g/mol. The molecule has 124 valence electrons. The highest BCUT2D eigenvalue weighted by Gasteiger charge is 2.25. The zero-order valence-corrected chi connectivity index (χ0v) is 14.0. The van der Waals surface area contributed by atoms with Crippen LogP contribution in [-0.4, -0.2) is 4.98 Å². The lowest BCUT2D eigenvalue weighted by Crippen LogP contribution is -2.15. The van der Waals surface area contributed by atoms with E-state index in [1.165, 1.54) is 0 Å². The van der Waals surface area contributed by atoms with E-state index in [9.17, 15) is 0 Å². The fourth-order valence-corrected chi connectivity index (χ4v) is 3.32. The summed E-state index contributed by atoms with van der Waals surface area (Å²) in [7, 11) is 0. The number of para-hydroxylation sites is 4. The minimum atomic E-state index is 0.856. The molecule has 0 unspecified atom stereocenters. The van der Waals surface area contributed by atoms with Crippen molar-refractivity contribution in [3.63, 3.8) is 0 Å². The van der Waals surface area contributed by atoms with Crippen LogP contribution in [0.4, 0.5) is 17.1 Å². The fraction of sp³-hybridized carbons (Fsp3) is 0. The summed E-state index contributed by atoms with van der Waals surface area (Å²) in [6.45, 7) is 0. The minimum Gasteiger partial charge on any atom is -0.453 e. The third-order valence-electron chi connectivity index (χ3n) is 4.50. The van der Waals surface area contributed by atoms with E-state index in [2.05, 4.69) is 46.3 Å². The molecule has 1 aromatic heterocycles. The number of anilines is 3. The molecule has 0 radical (unpaired) electrons. The van der Waals surface area contributed by atoms with E-state index in [0.717, 1.165) is 39.8 Å². The molecule has 5 rings (SSSR count). The molecular formula is C23H16N2O. The van der Waals surface area contributed by atoms with Crippen LogP contribution in [0.15, 0.2) is 97.2 Å². The van der Waals surface area contributed by atoms with Gasteiger partial charge in [-0.15, -0.1) is 0 Å². The lowest BCUT2D eigenvalue weighted by molar-refractivity contribution is 0.477. The highest BCUT2D eigenvalue weighted by atomic mass is 16.5. The third kappa shape index (κ3) is 2.42. The van der Waals surface area contributed by atoms with Gasteiger partial charge in [-0.1, -0.05) is 42.5 Å². The molecule has 3 nitrogen and oxygen atoms in total. The van der Waals surface area contributed by atoms with Gasteiger partial charge in [-0.25, -0.2) is 0 Å². The van der Waals surface area contributed by atoms with Gasteiger partial charge in [0, 0.05) is 17.4 Å². The number of rotatable bonds is 2. The first-order valence-electron chi connectivity index (χ1n) is 8.58. The van der Waals surface area contributed by atoms with E-state index in [0.29, 0.717) is 0 Å². The third-order valence-corrected chi connectivity index (χ3v) is 4.50. The SMILES string of the molecule is c1ccc(-c2cccc(N3c4ccccc4Oc4ccccc43)c2)nc1. The Labute approximate surface area is 152 Å². The molecule has 0 spiro atoms. The average molecular weight is 336 g/mol. The number of hydrogen-bond donors (Lipinski definition) is 0. The zero-order chi connectivity index (χ0) is 17.3. The lowest BCUT2D eigenvalue weighted by Gasteiger charge is -2.32. The maximum absolute atomic E-state index is 6.09. The van der Waals surface area contributed by atoms with Gasteiger partial charge in [-0.05, 0) is 48.5 Å². The van der Waals surface area contributed by atoms with Gasteiger partial charge in [0.05, 0.1) is 17.1 Å². The van der Waals surface area contributed by atoms with Crippen LogP contribution in [0.25, 0.3) is 11.3 Å². The van der Waals surface area contributed by atoms with Crippen LogP contribution in [-0.2, 0) is 0 Å². The number of ether oxygens (including phenoxy) is 1. The van der Waals surface area contributed by atoms with Crippen LogP contribution in [0.2, 0.25) is 0 Å². The van der Waals surface area contributed by atoms with Gasteiger partial charge < -0.3 is 9.64 Å². The van der Waals surface area contributed by atoms with Gasteiger partial charge in [0.1, 0.15) is 0 Å². The molecule has 26 heavy (non-hydrogen) atoms. The second kappa shape index (κ2) is 6.05. The van der Waals surface area contributed by atoms with Gasteiger partial charge in [0.25, 0.3) is 0 Å². The van der Waals surface area contributed by atoms with Crippen molar-refractivity contribution in [3.8, 4) is 22.8 Å². The zero-order valence-electron chi connectivity index (χ0n) is 14.0. The Morgan fingerprint density at radius 1 is 0.654 bits per heavy atom. The van der Waals surface area contributed by atoms with E-state index in [1.807, 2.05) is 60.8 Å². The molecule has 0 fully saturated rings. The van der Waals surface area contributed by atoms with Crippen LogP contribution >= 0.6 is 0 Å². The Morgan fingerprint density at radius 3 is 2.04 bits per heavy atom. The average Bonchev–Trinajstić information content (AvgIpc) is 2.72. The number of pyridine rings is 1. The summed E-state index contributed by atoms with van der Waals surface area (Å²) >= 11 is 0. The second-order valence-corrected chi connectivity index (χ2v) is 6.14. The van der Waals surface area contributed by atoms with Crippen LogP contribution < -0.4 is 9.64 Å². The lowest BCUT2D eigenvalue weighted by atomic mass is 10.1. The first-order valence-corrected chi connectivity index (χ1v) is 8.58. The van der Waals surface area contributed by atoms with Gasteiger partial charge in [-0.2, -0.15) is 0 Å². The van der Waals surface area contributed by atoms with Gasteiger partial charge >= 0.3 is 0 Å². The summed E-state index contributed by atoms with van der Waals surface area (Å²) in [6.07, 6.45) is 1.82. The maximum atomic E-state index is 6.09. The van der Waals surface area contributed by atoms with Crippen molar-refractivity contribution in [1.29, 1.82) is 0 Å². The molecule has 4 aromatic rings. The van der Waals surface area contributed by atoms with Crippen molar-refractivity contribution in [1.82, 2.24) is 4.98 Å². The molecule has 3 heteroatoms. The molecule has 0 saturated carbocycles. The summed E-state index contributed by atoms with van der Waals surface area (Å²) < 4.78 is 6.09. The first-order chi connectivity index (χ1) is 12.9. The van der Waals surface area contributed by atoms with Crippen LogP contribution in [0.5, 0.6) is 11.5 Å².